The SMILES string of the molecule is O=C(NOC(=O)c1ccc(C(Cl)(Cl)Cl)cc1)c1cccc(C(F)(F)F)c1. The van der Waals surface area contributed by atoms with Crippen molar-refractivity contribution in [3.63, 3.8) is 0 Å². The fraction of sp³-hybridized carbons (Fsp3) is 0.125. The summed E-state index contributed by atoms with van der Waals surface area (Å²) in [6, 6.07) is 9.01. The van der Waals surface area contributed by atoms with E-state index in [4.69, 9.17) is 34.8 Å². The number of nitrogens with one attached hydrogen (secondary N) is 1. The first-order valence-electron chi connectivity index (χ1n) is 6.84. The number of benzene rings is 2. The van der Waals surface area contributed by atoms with Crippen molar-refractivity contribution in [3.8, 4) is 0 Å². The molecule has 0 saturated heterocycles. The van der Waals surface area contributed by atoms with Gasteiger partial charge < -0.3 is 4.84 Å². The largest absolute Gasteiger partial charge is 0.416 e. The predicted molar refractivity (Wildman–Crippen MR) is 90.0 cm³/mol. The van der Waals surface area contributed by atoms with Gasteiger partial charge >= 0.3 is 12.1 Å². The zero-order valence-electron chi connectivity index (χ0n) is 12.6. The lowest BCUT2D eigenvalue weighted by atomic mass is 10.1. The van der Waals surface area contributed by atoms with Crippen LogP contribution in [-0.2, 0) is 14.8 Å². The quantitative estimate of drug-likeness (QED) is 0.541. The molecule has 1 amide bonds. The van der Waals surface area contributed by atoms with Crippen molar-refractivity contribution < 1.29 is 27.6 Å². The number of rotatable bonds is 2. The second kappa shape index (κ2) is 7.73. The Balaban J connectivity index is 2.02. The van der Waals surface area contributed by atoms with E-state index in [1.165, 1.54) is 24.3 Å². The summed E-state index contributed by atoms with van der Waals surface area (Å²) in [7, 11) is 0. The summed E-state index contributed by atoms with van der Waals surface area (Å²) in [6.07, 6.45) is -4.60. The molecule has 2 aromatic carbocycles. The summed E-state index contributed by atoms with van der Waals surface area (Å²) < 4.78 is 36.2. The van der Waals surface area contributed by atoms with E-state index in [1.807, 2.05) is 0 Å². The summed E-state index contributed by atoms with van der Waals surface area (Å²) in [5.41, 5.74) is 0.812. The number of carbonyl (C=O) groups excluding carboxylic acids is 2. The van der Waals surface area contributed by atoms with Crippen LogP contribution in [0.3, 0.4) is 0 Å². The van der Waals surface area contributed by atoms with Gasteiger partial charge in [0.15, 0.2) is 0 Å². The molecule has 2 aromatic rings. The Morgan fingerprint density at radius 3 is 2.04 bits per heavy atom. The average molecular weight is 427 g/mol. The summed E-state index contributed by atoms with van der Waals surface area (Å²) in [5.74, 6) is -1.96. The van der Waals surface area contributed by atoms with Crippen LogP contribution in [-0.4, -0.2) is 11.9 Å². The van der Waals surface area contributed by atoms with Crippen LogP contribution in [0, 0.1) is 0 Å². The molecule has 10 heteroatoms. The zero-order valence-corrected chi connectivity index (χ0v) is 14.9. The van der Waals surface area contributed by atoms with Crippen LogP contribution in [0.1, 0.15) is 31.8 Å². The molecular weight excluding hydrogens is 418 g/mol. The van der Waals surface area contributed by atoms with Gasteiger partial charge in [0.2, 0.25) is 3.79 Å². The fourth-order valence-electron chi connectivity index (χ4n) is 1.84. The second-order valence-electron chi connectivity index (χ2n) is 4.97. The standard InChI is InChI=1S/C16H9Cl3F3NO3/c17-15(18,19)11-6-4-9(5-7-11)14(25)26-23-13(24)10-2-1-3-12(8-10)16(20,21)22/h1-8H,(H,23,24). The molecule has 0 spiro atoms. The van der Waals surface area contributed by atoms with Crippen molar-refractivity contribution in [1.29, 1.82) is 0 Å². The molecule has 0 radical (unpaired) electrons. The number of halogens is 6. The first-order chi connectivity index (χ1) is 12.0. The van der Waals surface area contributed by atoms with E-state index in [-0.39, 0.29) is 11.1 Å². The van der Waals surface area contributed by atoms with E-state index in [1.54, 1.807) is 5.48 Å². The normalized spacial score (nSPS) is 11.8. The minimum absolute atomic E-state index is 0.0346. The van der Waals surface area contributed by atoms with Crippen LogP contribution < -0.4 is 5.48 Å². The van der Waals surface area contributed by atoms with Crippen LogP contribution in [0.25, 0.3) is 0 Å². The molecule has 0 aliphatic carbocycles. The third-order valence-corrected chi connectivity index (χ3v) is 3.79. The van der Waals surface area contributed by atoms with Gasteiger partial charge in [0.05, 0.1) is 11.1 Å². The highest BCUT2D eigenvalue weighted by Gasteiger charge is 2.31. The molecule has 0 fully saturated rings. The lowest BCUT2D eigenvalue weighted by Gasteiger charge is -2.11. The van der Waals surface area contributed by atoms with E-state index < -0.39 is 27.4 Å². The Labute approximate surface area is 160 Å². The molecular formula is C16H9Cl3F3NO3. The Hall–Kier alpha value is -1.96. The maximum atomic E-state index is 12.6. The lowest BCUT2D eigenvalue weighted by molar-refractivity contribution is -0.137. The van der Waals surface area contributed by atoms with E-state index in [0.29, 0.717) is 11.6 Å². The maximum Gasteiger partial charge on any atom is 0.416 e. The maximum absolute atomic E-state index is 12.6. The van der Waals surface area contributed by atoms with Crippen molar-refractivity contribution in [2.45, 2.75) is 9.97 Å². The fourth-order valence-corrected chi connectivity index (χ4v) is 2.22. The van der Waals surface area contributed by atoms with Gasteiger partial charge in [0.25, 0.3) is 5.91 Å². The van der Waals surface area contributed by atoms with Gasteiger partial charge in [-0.15, -0.1) is 0 Å². The first-order valence-corrected chi connectivity index (χ1v) is 7.98. The molecule has 0 atom stereocenters. The highest BCUT2D eigenvalue weighted by atomic mass is 35.6. The van der Waals surface area contributed by atoms with Crippen LogP contribution in [0.15, 0.2) is 48.5 Å². The summed E-state index contributed by atoms with van der Waals surface area (Å²) in [5, 5.41) is 0. The Morgan fingerprint density at radius 1 is 0.885 bits per heavy atom. The van der Waals surface area contributed by atoms with Crippen molar-refractivity contribution in [3.05, 3.63) is 70.8 Å². The molecule has 0 heterocycles. The number of amides is 1. The minimum Gasteiger partial charge on any atom is -0.335 e. The van der Waals surface area contributed by atoms with Crippen LogP contribution >= 0.6 is 34.8 Å². The molecule has 4 nitrogen and oxygen atoms in total. The van der Waals surface area contributed by atoms with Gasteiger partial charge in [-0.05, 0) is 30.3 Å². The highest BCUT2D eigenvalue weighted by molar-refractivity contribution is 6.66. The number of hydroxylamine groups is 1. The van der Waals surface area contributed by atoms with Crippen molar-refractivity contribution in [2.24, 2.45) is 0 Å². The number of alkyl halides is 6. The smallest absolute Gasteiger partial charge is 0.335 e. The molecule has 138 valence electrons. The molecule has 0 saturated carbocycles. The van der Waals surface area contributed by atoms with Gasteiger partial charge in [0, 0.05) is 11.1 Å². The van der Waals surface area contributed by atoms with E-state index in [2.05, 4.69) is 4.84 Å². The molecule has 0 aliphatic heterocycles. The monoisotopic (exact) mass is 425 g/mol. The molecule has 1 N–H and O–H groups in total. The predicted octanol–water partition coefficient (Wildman–Crippen LogP) is 5.03. The van der Waals surface area contributed by atoms with Crippen LogP contribution in [0.4, 0.5) is 13.2 Å². The van der Waals surface area contributed by atoms with Crippen molar-refractivity contribution in [2.75, 3.05) is 0 Å². The Morgan fingerprint density at radius 2 is 1.50 bits per heavy atom. The summed E-state index contributed by atoms with van der Waals surface area (Å²) >= 11 is 17.1. The van der Waals surface area contributed by atoms with Gasteiger partial charge in [-0.2, -0.15) is 18.7 Å². The van der Waals surface area contributed by atoms with Gasteiger partial charge in [-0.1, -0.05) is 53.0 Å². The molecule has 0 aliphatic rings. The number of carbonyl (C=O) groups is 2. The van der Waals surface area contributed by atoms with E-state index >= 15 is 0 Å². The zero-order chi connectivity index (χ0) is 19.5. The van der Waals surface area contributed by atoms with Gasteiger partial charge in [0.1, 0.15) is 0 Å². The minimum atomic E-state index is -4.60. The van der Waals surface area contributed by atoms with Crippen LogP contribution in [0.2, 0.25) is 0 Å². The topological polar surface area (TPSA) is 55.4 Å². The number of hydrogen-bond acceptors (Lipinski definition) is 3. The van der Waals surface area contributed by atoms with Crippen LogP contribution in [0.5, 0.6) is 0 Å². The van der Waals surface area contributed by atoms with E-state index in [0.717, 1.165) is 18.2 Å². The average Bonchev–Trinajstić information content (AvgIpc) is 2.58. The van der Waals surface area contributed by atoms with Gasteiger partial charge in [-0.25, -0.2) is 4.79 Å². The lowest BCUT2D eigenvalue weighted by Crippen LogP contribution is -2.27. The van der Waals surface area contributed by atoms with Gasteiger partial charge in [-0.3, -0.25) is 4.79 Å². The molecule has 26 heavy (non-hydrogen) atoms. The molecule has 2 rings (SSSR count). The third-order valence-electron chi connectivity index (χ3n) is 3.14. The van der Waals surface area contributed by atoms with E-state index in [9.17, 15) is 22.8 Å². The third kappa shape index (κ3) is 5.27. The van der Waals surface area contributed by atoms with Crippen molar-refractivity contribution >= 4 is 46.7 Å². The number of hydrogen-bond donors (Lipinski definition) is 1. The molecule has 0 aromatic heterocycles. The van der Waals surface area contributed by atoms with Crippen molar-refractivity contribution in [1.82, 2.24) is 5.48 Å². The molecule has 0 bridgehead atoms. The Kier molecular flexibility index (Phi) is 6.05. The second-order valence-corrected chi connectivity index (χ2v) is 7.26. The molecule has 0 unspecified atom stereocenters. The highest BCUT2D eigenvalue weighted by Crippen LogP contribution is 2.38. The Bertz CT molecular complexity index is 818. The summed E-state index contributed by atoms with van der Waals surface area (Å²) in [6.45, 7) is 0. The first kappa shape index (κ1) is 20.4. The summed E-state index contributed by atoms with van der Waals surface area (Å²) in [4.78, 5) is 28.3.